The zero-order valence-corrected chi connectivity index (χ0v) is 11.6. The second-order valence-corrected chi connectivity index (χ2v) is 4.65. The lowest BCUT2D eigenvalue weighted by Gasteiger charge is -2.22. The lowest BCUT2D eigenvalue weighted by Crippen LogP contribution is -2.26. The molecule has 0 fully saturated rings. The standard InChI is InChI=1S/C15H18O5/c1-4-11(6-12(8-16)20-10(3)17)13-7-14(18)9(2)5-15(13)19/h4-5,7,11-12,16H,1,6,8H2,2-3H3/t11-,12-/m0/s1. The van der Waals surface area contributed by atoms with Gasteiger partial charge in [0.25, 0.3) is 0 Å². The van der Waals surface area contributed by atoms with Crippen LogP contribution in [0.25, 0.3) is 0 Å². The molecule has 1 N–H and O–H groups in total. The summed E-state index contributed by atoms with van der Waals surface area (Å²) in [4.78, 5) is 34.5. The minimum atomic E-state index is -0.730. The van der Waals surface area contributed by atoms with Crippen molar-refractivity contribution in [2.75, 3.05) is 6.61 Å². The molecular weight excluding hydrogens is 260 g/mol. The topological polar surface area (TPSA) is 80.7 Å². The van der Waals surface area contributed by atoms with Gasteiger partial charge in [-0.15, -0.1) is 6.58 Å². The van der Waals surface area contributed by atoms with E-state index in [1.54, 1.807) is 6.92 Å². The van der Waals surface area contributed by atoms with Crippen molar-refractivity contribution in [1.29, 1.82) is 0 Å². The molecule has 1 aliphatic carbocycles. The van der Waals surface area contributed by atoms with Crippen molar-refractivity contribution < 1.29 is 24.2 Å². The van der Waals surface area contributed by atoms with E-state index in [2.05, 4.69) is 6.58 Å². The van der Waals surface area contributed by atoms with Crippen molar-refractivity contribution >= 4 is 17.5 Å². The highest BCUT2D eigenvalue weighted by atomic mass is 16.5. The van der Waals surface area contributed by atoms with Crippen LogP contribution in [0.3, 0.4) is 0 Å². The number of rotatable bonds is 6. The maximum Gasteiger partial charge on any atom is 0.302 e. The molecule has 0 heterocycles. The Morgan fingerprint density at radius 2 is 2.05 bits per heavy atom. The van der Waals surface area contributed by atoms with Crippen LogP contribution in [0, 0.1) is 5.92 Å². The number of ketones is 2. The van der Waals surface area contributed by atoms with Gasteiger partial charge in [-0.05, 0) is 25.5 Å². The summed E-state index contributed by atoms with van der Waals surface area (Å²) in [6.07, 6.45) is 3.56. The van der Waals surface area contributed by atoms with Crippen LogP contribution in [0.2, 0.25) is 0 Å². The Morgan fingerprint density at radius 1 is 1.40 bits per heavy atom. The zero-order chi connectivity index (χ0) is 15.3. The summed E-state index contributed by atoms with van der Waals surface area (Å²) >= 11 is 0. The summed E-state index contributed by atoms with van der Waals surface area (Å²) in [7, 11) is 0. The van der Waals surface area contributed by atoms with E-state index in [-0.39, 0.29) is 24.6 Å². The first-order valence-electron chi connectivity index (χ1n) is 6.28. The van der Waals surface area contributed by atoms with Crippen LogP contribution in [0.5, 0.6) is 0 Å². The lowest BCUT2D eigenvalue weighted by molar-refractivity contribution is -0.148. The molecule has 5 heteroatoms. The van der Waals surface area contributed by atoms with Gasteiger partial charge in [0.05, 0.1) is 6.61 Å². The van der Waals surface area contributed by atoms with Crippen molar-refractivity contribution in [1.82, 2.24) is 0 Å². The van der Waals surface area contributed by atoms with Crippen LogP contribution in [-0.2, 0) is 19.1 Å². The summed E-state index contributed by atoms with van der Waals surface area (Å²) in [6, 6.07) is 0. The van der Waals surface area contributed by atoms with Crippen LogP contribution >= 0.6 is 0 Å². The maximum absolute atomic E-state index is 11.9. The molecule has 0 radical (unpaired) electrons. The molecule has 0 bridgehead atoms. The quantitative estimate of drug-likeness (QED) is 0.447. The van der Waals surface area contributed by atoms with Crippen LogP contribution in [-0.4, -0.2) is 35.4 Å². The molecule has 2 atom stereocenters. The molecule has 0 saturated carbocycles. The van der Waals surface area contributed by atoms with E-state index < -0.39 is 18.0 Å². The predicted octanol–water partition coefficient (Wildman–Crippen LogP) is 1.13. The molecule has 0 amide bonds. The maximum atomic E-state index is 11.9. The SMILES string of the molecule is C=C[C@@H](C[C@@H](CO)OC(C)=O)C1=CC(=O)C(C)=CC1=O. The fourth-order valence-electron chi connectivity index (χ4n) is 2.00. The number of aliphatic hydroxyl groups is 1. The number of carbonyl (C=O) groups is 3. The predicted molar refractivity (Wildman–Crippen MR) is 72.8 cm³/mol. The van der Waals surface area contributed by atoms with Gasteiger partial charge in [-0.1, -0.05) is 6.08 Å². The molecule has 0 spiro atoms. The smallest absolute Gasteiger partial charge is 0.302 e. The summed E-state index contributed by atoms with van der Waals surface area (Å²) in [6.45, 7) is 6.10. The number of esters is 1. The van der Waals surface area contributed by atoms with E-state index in [0.29, 0.717) is 11.1 Å². The highest BCUT2D eigenvalue weighted by Gasteiger charge is 2.26. The first kappa shape index (κ1) is 16.0. The van der Waals surface area contributed by atoms with Crippen molar-refractivity contribution in [3.8, 4) is 0 Å². The van der Waals surface area contributed by atoms with E-state index in [9.17, 15) is 19.5 Å². The van der Waals surface area contributed by atoms with Gasteiger partial charge in [-0.2, -0.15) is 0 Å². The van der Waals surface area contributed by atoms with Crippen molar-refractivity contribution in [3.63, 3.8) is 0 Å². The Morgan fingerprint density at radius 3 is 2.55 bits per heavy atom. The minimum absolute atomic E-state index is 0.206. The van der Waals surface area contributed by atoms with E-state index in [1.807, 2.05) is 0 Å². The second-order valence-electron chi connectivity index (χ2n) is 4.65. The Bertz CT molecular complexity index is 498. The first-order chi connectivity index (χ1) is 9.38. The van der Waals surface area contributed by atoms with Gasteiger partial charge in [0.15, 0.2) is 11.6 Å². The van der Waals surface area contributed by atoms with Crippen LogP contribution < -0.4 is 0 Å². The third kappa shape index (κ3) is 3.99. The highest BCUT2D eigenvalue weighted by Crippen LogP contribution is 2.25. The number of hydrogen-bond acceptors (Lipinski definition) is 5. The number of aliphatic hydroxyl groups excluding tert-OH is 1. The highest BCUT2D eigenvalue weighted by molar-refractivity contribution is 6.20. The van der Waals surface area contributed by atoms with Gasteiger partial charge in [-0.25, -0.2) is 0 Å². The number of hydrogen-bond donors (Lipinski definition) is 1. The van der Waals surface area contributed by atoms with Gasteiger partial charge in [0.1, 0.15) is 6.10 Å². The molecular formula is C15H18O5. The van der Waals surface area contributed by atoms with Crippen molar-refractivity contribution in [2.45, 2.75) is 26.4 Å². The van der Waals surface area contributed by atoms with Crippen LogP contribution in [0.1, 0.15) is 20.3 Å². The Balaban J connectivity index is 2.88. The molecule has 0 aliphatic heterocycles. The van der Waals surface area contributed by atoms with Crippen LogP contribution in [0.15, 0.2) is 36.0 Å². The molecule has 0 aromatic carbocycles. The summed E-state index contributed by atoms with van der Waals surface area (Å²) < 4.78 is 4.93. The van der Waals surface area contributed by atoms with Gasteiger partial charge in [0.2, 0.25) is 0 Å². The summed E-state index contributed by atoms with van der Waals surface area (Å²) in [5, 5.41) is 9.18. The van der Waals surface area contributed by atoms with Gasteiger partial charge < -0.3 is 9.84 Å². The number of carbonyl (C=O) groups excluding carboxylic acids is 3. The van der Waals surface area contributed by atoms with E-state index in [0.717, 1.165) is 0 Å². The number of allylic oxidation sites excluding steroid dienone is 5. The average molecular weight is 278 g/mol. The molecule has 108 valence electrons. The summed E-state index contributed by atoms with van der Waals surface area (Å²) in [5.41, 5.74) is 0.696. The fourth-order valence-corrected chi connectivity index (χ4v) is 2.00. The normalized spacial score (nSPS) is 17.9. The van der Waals surface area contributed by atoms with Gasteiger partial charge in [0, 0.05) is 24.0 Å². The third-order valence-electron chi connectivity index (χ3n) is 3.04. The molecule has 5 nitrogen and oxygen atoms in total. The fraction of sp³-hybridized carbons (Fsp3) is 0.400. The lowest BCUT2D eigenvalue weighted by atomic mass is 9.85. The molecule has 1 rings (SSSR count). The average Bonchev–Trinajstić information content (AvgIpc) is 2.38. The van der Waals surface area contributed by atoms with E-state index >= 15 is 0 Å². The summed E-state index contributed by atoms with van der Waals surface area (Å²) in [5.74, 6) is -1.44. The molecule has 0 saturated heterocycles. The molecule has 20 heavy (non-hydrogen) atoms. The third-order valence-corrected chi connectivity index (χ3v) is 3.04. The minimum Gasteiger partial charge on any atom is -0.460 e. The van der Waals surface area contributed by atoms with E-state index in [1.165, 1.54) is 25.2 Å². The zero-order valence-electron chi connectivity index (χ0n) is 11.6. The largest absolute Gasteiger partial charge is 0.460 e. The monoisotopic (exact) mass is 278 g/mol. The van der Waals surface area contributed by atoms with Crippen molar-refractivity contribution in [3.05, 3.63) is 36.0 Å². The Hall–Kier alpha value is -2.01. The van der Waals surface area contributed by atoms with Gasteiger partial charge in [-0.3, -0.25) is 14.4 Å². The Labute approximate surface area is 117 Å². The van der Waals surface area contributed by atoms with Crippen LogP contribution in [0.4, 0.5) is 0 Å². The van der Waals surface area contributed by atoms with Gasteiger partial charge >= 0.3 is 5.97 Å². The first-order valence-corrected chi connectivity index (χ1v) is 6.28. The number of ether oxygens (including phenoxy) is 1. The molecule has 1 aliphatic rings. The second kappa shape index (κ2) is 6.96. The van der Waals surface area contributed by atoms with E-state index in [4.69, 9.17) is 4.74 Å². The molecule has 0 unspecified atom stereocenters. The molecule has 0 aromatic rings. The Kier molecular flexibility index (Phi) is 5.58. The molecule has 0 aromatic heterocycles. The van der Waals surface area contributed by atoms with Crippen molar-refractivity contribution in [2.24, 2.45) is 5.92 Å².